The molecule has 0 unspecified atom stereocenters. The van der Waals surface area contributed by atoms with Crippen molar-refractivity contribution in [1.29, 1.82) is 0 Å². The van der Waals surface area contributed by atoms with E-state index in [2.05, 4.69) is 31.9 Å². The molecule has 0 spiro atoms. The lowest BCUT2D eigenvalue weighted by atomic mass is 9.95. The third-order valence-electron chi connectivity index (χ3n) is 3.37. The molecule has 0 bridgehead atoms. The van der Waals surface area contributed by atoms with Gasteiger partial charge in [-0.05, 0) is 59.1 Å². The number of nitrogen functional groups attached to an aromatic ring is 1. The van der Waals surface area contributed by atoms with Crippen LogP contribution in [0.25, 0.3) is 0 Å². The molecule has 0 saturated carbocycles. The Morgan fingerprint density at radius 3 is 2.52 bits per heavy atom. The van der Waals surface area contributed by atoms with Gasteiger partial charge < -0.3 is 10.5 Å². The topological polar surface area (TPSA) is 52.3 Å². The molecule has 0 saturated heterocycles. The summed E-state index contributed by atoms with van der Waals surface area (Å²) in [5.41, 5.74) is 9.22. The first-order valence-electron chi connectivity index (χ1n) is 6.30. The van der Waals surface area contributed by atoms with E-state index in [4.69, 9.17) is 10.5 Å². The van der Waals surface area contributed by atoms with Gasteiger partial charge in [0.2, 0.25) is 0 Å². The molecule has 2 N–H and O–H groups in total. The van der Waals surface area contributed by atoms with E-state index in [9.17, 15) is 4.79 Å². The predicted molar refractivity (Wildman–Crippen MR) is 92.2 cm³/mol. The number of hydrogen-bond donors (Lipinski definition) is 1. The highest BCUT2D eigenvalue weighted by Crippen LogP contribution is 2.35. The Labute approximate surface area is 140 Å². The Kier molecular flexibility index (Phi) is 4.74. The van der Waals surface area contributed by atoms with Crippen LogP contribution in [0.1, 0.15) is 27.0 Å². The van der Waals surface area contributed by atoms with Crippen molar-refractivity contribution in [3.05, 3.63) is 55.5 Å². The minimum Gasteiger partial charge on any atom is -0.496 e. The van der Waals surface area contributed by atoms with Gasteiger partial charge in [0.15, 0.2) is 5.78 Å². The molecule has 0 aromatic heterocycles. The van der Waals surface area contributed by atoms with Crippen LogP contribution in [0.3, 0.4) is 0 Å². The van der Waals surface area contributed by atoms with Gasteiger partial charge in [0.05, 0.1) is 17.1 Å². The molecule has 3 nitrogen and oxygen atoms in total. The van der Waals surface area contributed by atoms with Crippen LogP contribution in [0.4, 0.5) is 5.69 Å². The van der Waals surface area contributed by atoms with Crippen LogP contribution < -0.4 is 10.5 Å². The fraction of sp³-hybridized carbons (Fsp3) is 0.188. The lowest BCUT2D eigenvalue weighted by molar-refractivity contribution is 0.103. The van der Waals surface area contributed by atoms with Crippen LogP contribution in [-0.4, -0.2) is 12.9 Å². The van der Waals surface area contributed by atoms with Crippen LogP contribution in [0.5, 0.6) is 5.75 Å². The predicted octanol–water partition coefficient (Wildman–Crippen LogP) is 4.65. The molecule has 0 fully saturated rings. The summed E-state index contributed by atoms with van der Waals surface area (Å²) < 4.78 is 6.92. The molecule has 0 aliphatic rings. The Balaban J connectivity index is 2.72. The van der Waals surface area contributed by atoms with Crippen molar-refractivity contribution in [2.45, 2.75) is 13.8 Å². The lowest BCUT2D eigenvalue weighted by Gasteiger charge is -2.16. The average Bonchev–Trinajstić information content (AvgIpc) is 2.44. The van der Waals surface area contributed by atoms with E-state index < -0.39 is 0 Å². The maximum Gasteiger partial charge on any atom is 0.198 e. The van der Waals surface area contributed by atoms with Crippen molar-refractivity contribution < 1.29 is 9.53 Å². The SMILES string of the molecule is COc1c(C)cc(Br)c(C)c1C(=O)c1cccc(N)c1Br. The Morgan fingerprint density at radius 2 is 1.90 bits per heavy atom. The van der Waals surface area contributed by atoms with Crippen LogP contribution in [0.2, 0.25) is 0 Å². The van der Waals surface area contributed by atoms with Crippen molar-refractivity contribution in [1.82, 2.24) is 0 Å². The number of hydrogen-bond acceptors (Lipinski definition) is 3. The standard InChI is InChI=1S/C16H15Br2NO2/c1-8-7-11(17)9(2)13(16(8)21-3)15(20)10-5-4-6-12(19)14(10)18/h4-7H,19H2,1-3H3. The first-order chi connectivity index (χ1) is 9.88. The molecular weight excluding hydrogens is 398 g/mol. The van der Waals surface area contributed by atoms with Gasteiger partial charge >= 0.3 is 0 Å². The van der Waals surface area contributed by atoms with Crippen molar-refractivity contribution >= 4 is 43.3 Å². The van der Waals surface area contributed by atoms with E-state index in [1.165, 1.54) is 0 Å². The van der Waals surface area contributed by atoms with Crippen molar-refractivity contribution in [2.75, 3.05) is 12.8 Å². The second-order valence-corrected chi connectivity index (χ2v) is 6.39. The smallest absolute Gasteiger partial charge is 0.198 e. The van der Waals surface area contributed by atoms with E-state index in [0.29, 0.717) is 27.0 Å². The first-order valence-corrected chi connectivity index (χ1v) is 7.89. The fourth-order valence-corrected chi connectivity index (χ4v) is 3.23. The number of nitrogens with two attached hydrogens (primary N) is 1. The molecule has 0 aliphatic heterocycles. The number of carbonyl (C=O) groups excluding carboxylic acids is 1. The normalized spacial score (nSPS) is 10.5. The third-order valence-corrected chi connectivity index (χ3v) is 5.07. The Hall–Kier alpha value is -1.33. The third kappa shape index (κ3) is 2.85. The highest BCUT2D eigenvalue weighted by atomic mass is 79.9. The summed E-state index contributed by atoms with van der Waals surface area (Å²) in [6.45, 7) is 3.80. The van der Waals surface area contributed by atoms with Crippen LogP contribution in [0.15, 0.2) is 33.2 Å². The minimum absolute atomic E-state index is 0.118. The summed E-state index contributed by atoms with van der Waals surface area (Å²) in [5, 5.41) is 0. The molecule has 21 heavy (non-hydrogen) atoms. The number of rotatable bonds is 3. The number of ether oxygens (including phenoxy) is 1. The molecule has 5 heteroatoms. The number of halogens is 2. The molecule has 0 amide bonds. The molecule has 110 valence electrons. The summed E-state index contributed by atoms with van der Waals surface area (Å²) in [5.74, 6) is 0.475. The van der Waals surface area contributed by atoms with Gasteiger partial charge in [-0.3, -0.25) is 4.79 Å². The van der Waals surface area contributed by atoms with Crippen molar-refractivity contribution in [2.24, 2.45) is 0 Å². The van der Waals surface area contributed by atoms with Crippen LogP contribution in [-0.2, 0) is 0 Å². The summed E-state index contributed by atoms with van der Waals surface area (Å²) in [6, 6.07) is 7.20. The van der Waals surface area contributed by atoms with Crippen LogP contribution in [0, 0.1) is 13.8 Å². The minimum atomic E-state index is -0.118. The van der Waals surface area contributed by atoms with Gasteiger partial charge in [-0.1, -0.05) is 22.0 Å². The molecular formula is C16H15Br2NO2. The molecule has 0 radical (unpaired) electrons. The molecule has 0 aliphatic carbocycles. The van der Waals surface area contributed by atoms with Gasteiger partial charge in [0.25, 0.3) is 0 Å². The average molecular weight is 413 g/mol. The van der Waals surface area contributed by atoms with Gasteiger partial charge in [-0.15, -0.1) is 0 Å². The summed E-state index contributed by atoms with van der Waals surface area (Å²) >= 11 is 6.88. The van der Waals surface area contributed by atoms with E-state index in [0.717, 1.165) is 15.6 Å². The van der Waals surface area contributed by atoms with E-state index in [-0.39, 0.29) is 5.78 Å². The van der Waals surface area contributed by atoms with Crippen molar-refractivity contribution in [3.63, 3.8) is 0 Å². The highest BCUT2D eigenvalue weighted by molar-refractivity contribution is 9.11. The fourth-order valence-electron chi connectivity index (χ4n) is 2.25. The Bertz CT molecular complexity index is 727. The maximum atomic E-state index is 12.9. The summed E-state index contributed by atoms with van der Waals surface area (Å²) in [6.07, 6.45) is 0. The number of anilines is 1. The van der Waals surface area contributed by atoms with Gasteiger partial charge in [0.1, 0.15) is 5.75 Å². The molecule has 2 rings (SSSR count). The number of benzene rings is 2. The molecule has 2 aromatic rings. The van der Waals surface area contributed by atoms with Gasteiger partial charge in [-0.25, -0.2) is 0 Å². The van der Waals surface area contributed by atoms with E-state index in [1.807, 2.05) is 19.9 Å². The number of methoxy groups -OCH3 is 1. The van der Waals surface area contributed by atoms with E-state index in [1.54, 1.807) is 25.3 Å². The monoisotopic (exact) mass is 411 g/mol. The quantitative estimate of drug-likeness (QED) is 0.589. The second kappa shape index (κ2) is 6.20. The zero-order valence-electron chi connectivity index (χ0n) is 12.0. The number of ketones is 1. The largest absolute Gasteiger partial charge is 0.496 e. The summed E-state index contributed by atoms with van der Waals surface area (Å²) in [7, 11) is 1.57. The molecule has 0 heterocycles. The van der Waals surface area contributed by atoms with Gasteiger partial charge in [0, 0.05) is 15.7 Å². The molecule has 2 aromatic carbocycles. The first kappa shape index (κ1) is 16.0. The highest BCUT2D eigenvalue weighted by Gasteiger charge is 2.23. The van der Waals surface area contributed by atoms with Gasteiger partial charge in [-0.2, -0.15) is 0 Å². The lowest BCUT2D eigenvalue weighted by Crippen LogP contribution is -2.09. The second-order valence-electron chi connectivity index (χ2n) is 4.75. The maximum absolute atomic E-state index is 12.9. The number of aryl methyl sites for hydroxylation is 1. The van der Waals surface area contributed by atoms with Crippen LogP contribution >= 0.6 is 31.9 Å². The zero-order valence-corrected chi connectivity index (χ0v) is 15.1. The number of carbonyl (C=O) groups is 1. The molecule has 0 atom stereocenters. The Morgan fingerprint density at radius 1 is 1.24 bits per heavy atom. The zero-order chi connectivity index (χ0) is 15.7. The van der Waals surface area contributed by atoms with E-state index >= 15 is 0 Å². The summed E-state index contributed by atoms with van der Waals surface area (Å²) in [4.78, 5) is 12.9. The van der Waals surface area contributed by atoms with Crippen molar-refractivity contribution in [3.8, 4) is 5.75 Å².